The molecule has 0 heterocycles. The van der Waals surface area contributed by atoms with Crippen molar-refractivity contribution in [3.05, 3.63) is 35.9 Å². The molecule has 1 saturated carbocycles. The fourth-order valence-electron chi connectivity index (χ4n) is 2.53. The van der Waals surface area contributed by atoms with Crippen LogP contribution in [-0.4, -0.2) is 6.54 Å². The Morgan fingerprint density at radius 2 is 1.76 bits per heavy atom. The van der Waals surface area contributed by atoms with Gasteiger partial charge >= 0.3 is 0 Å². The van der Waals surface area contributed by atoms with E-state index in [0.717, 1.165) is 6.54 Å². The van der Waals surface area contributed by atoms with Crippen molar-refractivity contribution in [1.29, 1.82) is 0 Å². The molecule has 0 spiro atoms. The number of hydrogen-bond donors (Lipinski definition) is 1. The van der Waals surface area contributed by atoms with Crippen molar-refractivity contribution in [3.8, 4) is 0 Å². The van der Waals surface area contributed by atoms with Crippen molar-refractivity contribution >= 4 is 0 Å². The van der Waals surface area contributed by atoms with Gasteiger partial charge < -0.3 is 5.32 Å². The Bertz CT molecular complexity index is 344. The molecule has 2 rings (SSSR count). The van der Waals surface area contributed by atoms with Crippen LogP contribution in [0.15, 0.2) is 30.3 Å². The molecular formula is C16H25N. The van der Waals surface area contributed by atoms with E-state index in [-0.39, 0.29) is 5.54 Å². The van der Waals surface area contributed by atoms with Crippen LogP contribution in [0, 0.1) is 5.41 Å². The molecule has 1 aromatic rings. The maximum atomic E-state index is 3.81. The molecule has 1 aromatic carbocycles. The third kappa shape index (κ3) is 3.10. The maximum absolute atomic E-state index is 3.81. The van der Waals surface area contributed by atoms with Crippen LogP contribution in [0.3, 0.4) is 0 Å². The van der Waals surface area contributed by atoms with Crippen LogP contribution in [0.1, 0.15) is 52.0 Å². The molecule has 1 fully saturated rings. The predicted octanol–water partition coefficient (Wildman–Crippen LogP) is 4.09. The summed E-state index contributed by atoms with van der Waals surface area (Å²) in [6.45, 7) is 8.05. The molecule has 0 bridgehead atoms. The fraction of sp³-hybridized carbons (Fsp3) is 0.625. The molecule has 1 aliphatic rings. The minimum absolute atomic E-state index is 0.284. The summed E-state index contributed by atoms with van der Waals surface area (Å²) in [7, 11) is 0. The number of hydrogen-bond acceptors (Lipinski definition) is 1. The van der Waals surface area contributed by atoms with E-state index in [1.54, 1.807) is 0 Å². The molecule has 1 N–H and O–H groups in total. The summed E-state index contributed by atoms with van der Waals surface area (Å²) < 4.78 is 0. The highest BCUT2D eigenvalue weighted by atomic mass is 15.0. The molecule has 0 amide bonds. The molecule has 0 aromatic heterocycles. The molecule has 1 aliphatic carbocycles. The first-order valence-electron chi connectivity index (χ1n) is 6.82. The second kappa shape index (κ2) is 4.81. The van der Waals surface area contributed by atoms with Crippen molar-refractivity contribution in [3.63, 3.8) is 0 Å². The summed E-state index contributed by atoms with van der Waals surface area (Å²) in [5, 5.41) is 3.81. The van der Waals surface area contributed by atoms with Crippen LogP contribution in [0.4, 0.5) is 0 Å². The van der Waals surface area contributed by atoms with E-state index in [0.29, 0.717) is 5.41 Å². The van der Waals surface area contributed by atoms with E-state index in [1.807, 2.05) is 0 Å². The van der Waals surface area contributed by atoms with Crippen LogP contribution in [0.5, 0.6) is 0 Å². The van der Waals surface area contributed by atoms with E-state index < -0.39 is 0 Å². The normalized spacial score (nSPS) is 18.8. The van der Waals surface area contributed by atoms with Gasteiger partial charge in [0.1, 0.15) is 0 Å². The van der Waals surface area contributed by atoms with Crippen LogP contribution in [-0.2, 0) is 5.54 Å². The molecule has 0 aliphatic heterocycles. The average molecular weight is 231 g/mol. The van der Waals surface area contributed by atoms with Gasteiger partial charge in [-0.05, 0) is 43.2 Å². The molecule has 0 unspecified atom stereocenters. The third-order valence-corrected chi connectivity index (χ3v) is 3.87. The van der Waals surface area contributed by atoms with E-state index >= 15 is 0 Å². The van der Waals surface area contributed by atoms with E-state index in [2.05, 4.69) is 56.4 Å². The van der Waals surface area contributed by atoms with Crippen LogP contribution < -0.4 is 5.32 Å². The highest BCUT2D eigenvalue weighted by Gasteiger charge is 2.37. The van der Waals surface area contributed by atoms with Crippen molar-refractivity contribution in [2.24, 2.45) is 5.41 Å². The van der Waals surface area contributed by atoms with Crippen molar-refractivity contribution in [1.82, 2.24) is 5.32 Å². The molecule has 0 radical (unpaired) electrons. The standard InChI is InChI=1S/C16H25N/c1-15(2,3)12-13-17-16(10-7-11-16)14-8-5-4-6-9-14/h4-6,8-9,17H,7,10-13H2,1-3H3. The Morgan fingerprint density at radius 1 is 1.12 bits per heavy atom. The van der Waals surface area contributed by atoms with Gasteiger partial charge in [0, 0.05) is 5.54 Å². The maximum Gasteiger partial charge on any atom is 0.0434 e. The Balaban J connectivity index is 1.97. The summed E-state index contributed by atoms with van der Waals surface area (Å²) in [6.07, 6.45) is 5.18. The SMILES string of the molecule is CC(C)(C)CCNC1(c2ccccc2)CCC1. The van der Waals surface area contributed by atoms with Gasteiger partial charge in [0.25, 0.3) is 0 Å². The van der Waals surface area contributed by atoms with Crippen molar-refractivity contribution in [2.75, 3.05) is 6.54 Å². The molecule has 1 nitrogen and oxygen atoms in total. The largest absolute Gasteiger partial charge is 0.307 e. The Morgan fingerprint density at radius 3 is 2.24 bits per heavy atom. The van der Waals surface area contributed by atoms with Gasteiger partial charge in [-0.1, -0.05) is 51.1 Å². The lowest BCUT2D eigenvalue weighted by molar-refractivity contribution is 0.176. The monoisotopic (exact) mass is 231 g/mol. The van der Waals surface area contributed by atoms with Gasteiger partial charge in [-0.25, -0.2) is 0 Å². The predicted molar refractivity (Wildman–Crippen MR) is 74.0 cm³/mol. The summed E-state index contributed by atoms with van der Waals surface area (Å²) in [5.41, 5.74) is 2.18. The van der Waals surface area contributed by atoms with Gasteiger partial charge in [0.05, 0.1) is 0 Å². The van der Waals surface area contributed by atoms with Gasteiger partial charge in [-0.3, -0.25) is 0 Å². The van der Waals surface area contributed by atoms with Crippen LogP contribution in [0.2, 0.25) is 0 Å². The second-order valence-corrected chi connectivity index (χ2v) is 6.54. The third-order valence-electron chi connectivity index (χ3n) is 3.87. The number of rotatable bonds is 4. The average Bonchev–Trinajstić information content (AvgIpc) is 2.22. The zero-order valence-corrected chi connectivity index (χ0v) is 11.4. The fourth-order valence-corrected chi connectivity index (χ4v) is 2.53. The summed E-state index contributed by atoms with van der Waals surface area (Å²) >= 11 is 0. The van der Waals surface area contributed by atoms with Gasteiger partial charge in [0.2, 0.25) is 0 Å². The quantitative estimate of drug-likeness (QED) is 0.823. The minimum Gasteiger partial charge on any atom is -0.307 e. The van der Waals surface area contributed by atoms with E-state index in [4.69, 9.17) is 0 Å². The second-order valence-electron chi connectivity index (χ2n) is 6.54. The van der Waals surface area contributed by atoms with Crippen molar-refractivity contribution in [2.45, 2.75) is 52.0 Å². The zero-order valence-electron chi connectivity index (χ0n) is 11.4. The van der Waals surface area contributed by atoms with Crippen LogP contribution >= 0.6 is 0 Å². The molecule has 0 saturated heterocycles. The van der Waals surface area contributed by atoms with Gasteiger partial charge in [-0.2, -0.15) is 0 Å². The zero-order chi connectivity index (χ0) is 12.4. The van der Waals surface area contributed by atoms with E-state index in [1.165, 1.54) is 31.2 Å². The Hall–Kier alpha value is -0.820. The molecule has 0 atom stereocenters. The topological polar surface area (TPSA) is 12.0 Å². The first-order valence-corrected chi connectivity index (χ1v) is 6.82. The lowest BCUT2D eigenvalue weighted by Crippen LogP contribution is -2.48. The van der Waals surface area contributed by atoms with Gasteiger partial charge in [0.15, 0.2) is 0 Å². The first kappa shape index (κ1) is 12.6. The minimum atomic E-state index is 0.284. The summed E-state index contributed by atoms with van der Waals surface area (Å²) in [6, 6.07) is 10.9. The Kier molecular flexibility index (Phi) is 3.58. The highest BCUT2D eigenvalue weighted by molar-refractivity contribution is 5.26. The molecule has 17 heavy (non-hydrogen) atoms. The smallest absolute Gasteiger partial charge is 0.0434 e. The highest BCUT2D eigenvalue weighted by Crippen LogP contribution is 2.41. The lowest BCUT2D eigenvalue weighted by Gasteiger charge is -2.44. The van der Waals surface area contributed by atoms with Gasteiger partial charge in [-0.15, -0.1) is 0 Å². The molecule has 94 valence electrons. The van der Waals surface area contributed by atoms with E-state index in [9.17, 15) is 0 Å². The summed E-state index contributed by atoms with van der Waals surface area (Å²) in [4.78, 5) is 0. The first-order chi connectivity index (χ1) is 8.02. The lowest BCUT2D eigenvalue weighted by atomic mass is 9.71. The van der Waals surface area contributed by atoms with Crippen LogP contribution in [0.25, 0.3) is 0 Å². The van der Waals surface area contributed by atoms with Crippen molar-refractivity contribution < 1.29 is 0 Å². The number of benzene rings is 1. The number of nitrogens with one attached hydrogen (secondary N) is 1. The molecular weight excluding hydrogens is 206 g/mol. The Labute approximate surface area is 106 Å². The molecule has 1 heteroatoms. The summed E-state index contributed by atoms with van der Waals surface area (Å²) in [5.74, 6) is 0.